The van der Waals surface area contributed by atoms with Crippen LogP contribution in [0.3, 0.4) is 0 Å². The van der Waals surface area contributed by atoms with Gasteiger partial charge in [0, 0.05) is 6.04 Å². The van der Waals surface area contributed by atoms with Gasteiger partial charge in [-0.3, -0.25) is 0 Å². The molecule has 2 aromatic rings. The van der Waals surface area contributed by atoms with Crippen molar-refractivity contribution in [3.05, 3.63) is 59.2 Å². The van der Waals surface area contributed by atoms with Crippen molar-refractivity contribution >= 4 is 0 Å². The maximum atomic E-state index is 6.29. The summed E-state index contributed by atoms with van der Waals surface area (Å²) in [4.78, 5) is 0. The van der Waals surface area contributed by atoms with Crippen molar-refractivity contribution < 1.29 is 9.47 Å². The van der Waals surface area contributed by atoms with E-state index in [9.17, 15) is 0 Å². The zero-order valence-corrected chi connectivity index (χ0v) is 12.2. The summed E-state index contributed by atoms with van der Waals surface area (Å²) in [6, 6.07) is 14.2. The highest BCUT2D eigenvalue weighted by atomic mass is 16.5. The van der Waals surface area contributed by atoms with Gasteiger partial charge in [0.15, 0.2) is 11.5 Å². The molecule has 106 valence electrons. The molecule has 0 radical (unpaired) electrons. The Morgan fingerprint density at radius 3 is 2.40 bits per heavy atom. The van der Waals surface area contributed by atoms with Gasteiger partial charge in [-0.15, -0.1) is 0 Å². The van der Waals surface area contributed by atoms with Gasteiger partial charge >= 0.3 is 0 Å². The molecule has 0 saturated carbocycles. The molecule has 0 bridgehead atoms. The maximum absolute atomic E-state index is 6.29. The summed E-state index contributed by atoms with van der Waals surface area (Å²) in [7, 11) is 3.28. The van der Waals surface area contributed by atoms with Crippen molar-refractivity contribution in [3.63, 3.8) is 0 Å². The second kappa shape index (κ2) is 6.44. The molecule has 20 heavy (non-hydrogen) atoms. The second-order valence-electron chi connectivity index (χ2n) is 4.91. The van der Waals surface area contributed by atoms with Crippen LogP contribution in [0.1, 0.15) is 22.7 Å². The minimum absolute atomic E-state index is 0.0204. The van der Waals surface area contributed by atoms with Crippen LogP contribution in [-0.4, -0.2) is 14.2 Å². The molecule has 0 amide bonds. The number of aryl methyl sites for hydroxylation is 1. The van der Waals surface area contributed by atoms with E-state index < -0.39 is 0 Å². The fraction of sp³-hybridized carbons (Fsp3) is 0.294. The van der Waals surface area contributed by atoms with E-state index in [-0.39, 0.29) is 6.04 Å². The van der Waals surface area contributed by atoms with Crippen LogP contribution in [0.15, 0.2) is 42.5 Å². The molecule has 3 heteroatoms. The van der Waals surface area contributed by atoms with Gasteiger partial charge in [-0.25, -0.2) is 0 Å². The second-order valence-corrected chi connectivity index (χ2v) is 4.91. The molecular weight excluding hydrogens is 250 g/mol. The van der Waals surface area contributed by atoms with Crippen molar-refractivity contribution in [2.75, 3.05) is 14.2 Å². The Morgan fingerprint density at radius 2 is 1.75 bits per heavy atom. The van der Waals surface area contributed by atoms with Gasteiger partial charge in [-0.1, -0.05) is 35.9 Å². The van der Waals surface area contributed by atoms with Crippen LogP contribution in [0.4, 0.5) is 0 Å². The monoisotopic (exact) mass is 271 g/mol. The lowest BCUT2D eigenvalue weighted by Gasteiger charge is -2.14. The normalized spacial score (nSPS) is 12.0. The standard InChI is InChI=1S/C17H21NO2/c1-12-5-4-6-14(9-12)15(18)10-13-7-8-16(19-2)17(11-13)20-3/h4-9,11,15H,10,18H2,1-3H3. The SMILES string of the molecule is COc1ccc(CC(N)c2cccc(C)c2)cc1OC. The average molecular weight is 271 g/mol. The predicted octanol–water partition coefficient (Wildman–Crippen LogP) is 3.25. The first-order chi connectivity index (χ1) is 9.63. The van der Waals surface area contributed by atoms with Gasteiger partial charge in [0.05, 0.1) is 14.2 Å². The lowest BCUT2D eigenvalue weighted by atomic mass is 9.98. The summed E-state index contributed by atoms with van der Waals surface area (Å²) in [5, 5.41) is 0. The smallest absolute Gasteiger partial charge is 0.160 e. The molecule has 3 nitrogen and oxygen atoms in total. The topological polar surface area (TPSA) is 44.5 Å². The largest absolute Gasteiger partial charge is 0.493 e. The van der Waals surface area contributed by atoms with Crippen molar-refractivity contribution in [2.24, 2.45) is 5.73 Å². The van der Waals surface area contributed by atoms with E-state index >= 15 is 0 Å². The van der Waals surface area contributed by atoms with Gasteiger partial charge in [0.2, 0.25) is 0 Å². The minimum atomic E-state index is -0.0204. The molecule has 1 atom stereocenters. The Kier molecular flexibility index (Phi) is 4.64. The van der Waals surface area contributed by atoms with Crippen LogP contribution in [0.25, 0.3) is 0 Å². The summed E-state index contributed by atoms with van der Waals surface area (Å²) >= 11 is 0. The van der Waals surface area contributed by atoms with Crippen LogP contribution in [-0.2, 0) is 6.42 Å². The molecule has 0 saturated heterocycles. The molecule has 1 unspecified atom stereocenters. The molecule has 0 aliphatic rings. The van der Waals surface area contributed by atoms with Gasteiger partial charge in [0.25, 0.3) is 0 Å². The Morgan fingerprint density at radius 1 is 1.00 bits per heavy atom. The van der Waals surface area contributed by atoms with Crippen LogP contribution in [0.5, 0.6) is 11.5 Å². The van der Waals surface area contributed by atoms with Crippen LogP contribution in [0, 0.1) is 6.92 Å². The summed E-state index contributed by atoms with van der Waals surface area (Å²) in [6.07, 6.45) is 0.768. The highest BCUT2D eigenvalue weighted by Crippen LogP contribution is 2.29. The van der Waals surface area contributed by atoms with E-state index in [0.717, 1.165) is 29.0 Å². The maximum Gasteiger partial charge on any atom is 0.160 e. The average Bonchev–Trinajstić information content (AvgIpc) is 2.47. The Balaban J connectivity index is 2.17. The van der Waals surface area contributed by atoms with Crippen molar-refractivity contribution in [2.45, 2.75) is 19.4 Å². The van der Waals surface area contributed by atoms with Gasteiger partial charge in [0.1, 0.15) is 0 Å². The third kappa shape index (κ3) is 3.31. The molecule has 2 N–H and O–H groups in total. The number of nitrogens with two attached hydrogens (primary N) is 1. The highest BCUT2D eigenvalue weighted by Gasteiger charge is 2.10. The third-order valence-corrected chi connectivity index (χ3v) is 3.37. The molecule has 2 rings (SSSR count). The van der Waals surface area contributed by atoms with Crippen molar-refractivity contribution in [1.82, 2.24) is 0 Å². The minimum Gasteiger partial charge on any atom is -0.493 e. The number of benzene rings is 2. The number of hydrogen-bond acceptors (Lipinski definition) is 3. The molecule has 0 heterocycles. The summed E-state index contributed by atoms with van der Waals surface area (Å²) < 4.78 is 10.6. The van der Waals surface area contributed by atoms with Gasteiger partial charge < -0.3 is 15.2 Å². The van der Waals surface area contributed by atoms with E-state index in [4.69, 9.17) is 15.2 Å². The molecule has 2 aromatic carbocycles. The lowest BCUT2D eigenvalue weighted by Crippen LogP contribution is -2.13. The zero-order valence-electron chi connectivity index (χ0n) is 12.2. The Bertz CT molecular complexity index is 581. The van der Waals surface area contributed by atoms with Crippen molar-refractivity contribution in [3.8, 4) is 11.5 Å². The molecule has 0 fully saturated rings. The Hall–Kier alpha value is -2.00. The van der Waals surface area contributed by atoms with Crippen LogP contribution >= 0.6 is 0 Å². The van der Waals surface area contributed by atoms with E-state index in [2.05, 4.69) is 25.1 Å². The summed E-state index contributed by atoms with van der Waals surface area (Å²) in [5.74, 6) is 1.47. The summed E-state index contributed by atoms with van der Waals surface area (Å²) in [5.41, 5.74) is 9.80. The fourth-order valence-electron chi connectivity index (χ4n) is 2.28. The van der Waals surface area contributed by atoms with E-state index in [1.165, 1.54) is 5.56 Å². The highest BCUT2D eigenvalue weighted by molar-refractivity contribution is 5.43. The molecular formula is C17H21NO2. The van der Waals surface area contributed by atoms with Gasteiger partial charge in [-0.05, 0) is 36.6 Å². The van der Waals surface area contributed by atoms with Crippen LogP contribution in [0.2, 0.25) is 0 Å². The predicted molar refractivity (Wildman–Crippen MR) is 81.4 cm³/mol. The lowest BCUT2D eigenvalue weighted by molar-refractivity contribution is 0.354. The third-order valence-electron chi connectivity index (χ3n) is 3.37. The summed E-state index contributed by atoms with van der Waals surface area (Å²) in [6.45, 7) is 2.08. The molecule has 0 aromatic heterocycles. The first-order valence-electron chi connectivity index (χ1n) is 6.67. The van der Waals surface area contributed by atoms with E-state index in [1.54, 1.807) is 14.2 Å². The van der Waals surface area contributed by atoms with E-state index in [1.807, 2.05) is 24.3 Å². The first kappa shape index (κ1) is 14.4. The van der Waals surface area contributed by atoms with Crippen LogP contribution < -0.4 is 15.2 Å². The number of hydrogen-bond donors (Lipinski definition) is 1. The number of methoxy groups -OCH3 is 2. The molecule has 0 aliphatic heterocycles. The number of ether oxygens (including phenoxy) is 2. The number of rotatable bonds is 5. The fourth-order valence-corrected chi connectivity index (χ4v) is 2.28. The molecule has 0 spiro atoms. The van der Waals surface area contributed by atoms with E-state index in [0.29, 0.717) is 0 Å². The van der Waals surface area contributed by atoms with Crippen molar-refractivity contribution in [1.29, 1.82) is 0 Å². The molecule has 0 aliphatic carbocycles. The van der Waals surface area contributed by atoms with Gasteiger partial charge in [-0.2, -0.15) is 0 Å². The quantitative estimate of drug-likeness (QED) is 0.908. The Labute approximate surface area is 120 Å². The first-order valence-corrected chi connectivity index (χ1v) is 6.67. The zero-order chi connectivity index (χ0) is 14.5.